The lowest BCUT2D eigenvalue weighted by Gasteiger charge is -2.51. The number of carboxylic acid groups (broad SMARTS) is 7. The van der Waals surface area contributed by atoms with Crippen molar-refractivity contribution in [1.82, 2.24) is 0 Å². The van der Waals surface area contributed by atoms with Crippen molar-refractivity contribution in [3.63, 3.8) is 0 Å². The number of aliphatic hydroxyl groups is 16. The van der Waals surface area contributed by atoms with Crippen LogP contribution in [0.25, 0.3) is 0 Å². The summed E-state index contributed by atoms with van der Waals surface area (Å²) in [5, 5.41) is 261. The van der Waals surface area contributed by atoms with E-state index < -0.39 is 338 Å². The van der Waals surface area contributed by atoms with E-state index in [2.05, 4.69) is 12.6 Å². The molecule has 0 aromatic carbocycles. The number of thiol groups is 1. The molecule has 30 fully saturated rings. The van der Waals surface area contributed by atoms with E-state index in [-0.39, 0.29) is 80.5 Å². The summed E-state index contributed by atoms with van der Waals surface area (Å²) in [7, 11) is 0. The Bertz CT molecular complexity index is 3170. The van der Waals surface area contributed by atoms with Crippen LogP contribution in [-0.2, 0) is 109 Å². The molecular weight excluding hydrogens is 1820 g/mol. The van der Waals surface area contributed by atoms with Crippen LogP contribution >= 0.6 is 95.0 Å². The number of rotatable bonds is 36. The fourth-order valence-corrected chi connectivity index (χ4v) is 21.5. The smallest absolute Gasteiger partial charge is 0.304 e. The van der Waals surface area contributed by atoms with Crippen LogP contribution in [0.1, 0.15) is 44.9 Å². The van der Waals surface area contributed by atoms with Gasteiger partial charge in [0.2, 0.25) is 0 Å². The minimum absolute atomic E-state index is 0.125. The molecule has 16 bridgehead atoms. The molecule has 46 nitrogen and oxygen atoms in total. The maximum atomic E-state index is 12.3. The Morgan fingerprint density at radius 3 is 0.415 bits per heavy atom. The summed E-state index contributed by atoms with van der Waals surface area (Å²) >= 11 is 10.7. The lowest BCUT2D eigenvalue weighted by atomic mass is 9.95. The molecule has 40 atom stereocenters. The average molecular weight is 1930 g/mol. The Balaban J connectivity index is 1.10. The van der Waals surface area contributed by atoms with Crippen LogP contribution < -0.4 is 0 Å². The maximum absolute atomic E-state index is 12.3. The van der Waals surface area contributed by atoms with E-state index in [4.69, 9.17) is 75.8 Å². The van der Waals surface area contributed by atoms with E-state index in [1.54, 1.807) is 0 Å². The molecule has 0 amide bonds. The van der Waals surface area contributed by atoms with Crippen LogP contribution in [0, 0.1) is 0 Å². The zero-order chi connectivity index (χ0) is 90.0. The van der Waals surface area contributed by atoms with Crippen molar-refractivity contribution in [2.75, 3.05) is 86.3 Å². The third-order valence-electron chi connectivity index (χ3n) is 20.8. The van der Waals surface area contributed by atoms with Gasteiger partial charge in [-0.3, -0.25) is 33.6 Å². The molecule has 708 valence electrons. The SMILES string of the molecule is O=C(O)CCSC[C@H]1O[C@@H]2O[C@H]3C(O)[C@@H](O)C(O[C@@H]3CSCCC(=O)O)O[C@H]3C(O)[C@@H](O)C(O[C@@H]3CSCCC(=O)O)O[C@H]3C(O)[C@@H](O)[C@@H](O[C@H]4[C@@H](O)[C@@H](O)[C@H](O[C@@H]4CSCCC(=O)O)O[C@H]4C(O)[C@@H](O)C(O[C@H]5[C@@H](O)[C@@H](O)[C@H](O[C@@H]5CSCCC(=O)O)O[C@H]5C(O)[C@@H](O)C(OC1C(O)[C@H]2O)O[C@@H]5CSCCC(=O)O)O[C@@H]4CS)O[C@@H]3CSCCC(=O)O. The third kappa shape index (κ3) is 28.7. The highest BCUT2D eigenvalue weighted by Crippen LogP contribution is 2.43. The zero-order valence-electron chi connectivity index (χ0n) is 65.1. The summed E-state index contributed by atoms with van der Waals surface area (Å²) in [5.74, 6) is -12.6. The monoisotopic (exact) mass is 1930 g/mol. The molecule has 123 heavy (non-hydrogen) atoms. The van der Waals surface area contributed by atoms with Crippen LogP contribution in [-0.4, -0.2) is 491 Å². The Hall–Kier alpha value is -2.19. The van der Waals surface area contributed by atoms with Crippen molar-refractivity contribution in [2.24, 2.45) is 0 Å². The topological polar surface area (TPSA) is 732 Å². The van der Waals surface area contributed by atoms with Crippen LogP contribution in [0.3, 0.4) is 0 Å². The van der Waals surface area contributed by atoms with Gasteiger partial charge in [-0.15, -0.1) is 0 Å². The van der Waals surface area contributed by atoms with Crippen molar-refractivity contribution in [3.8, 4) is 0 Å². The fraction of sp³-hybridized carbons (Fsp3) is 0.899. The van der Waals surface area contributed by atoms with Gasteiger partial charge in [-0.05, 0) is 0 Å². The van der Waals surface area contributed by atoms with E-state index in [0.717, 1.165) is 82.3 Å². The van der Waals surface area contributed by atoms with Gasteiger partial charge in [0.15, 0.2) is 50.3 Å². The van der Waals surface area contributed by atoms with Gasteiger partial charge in [-0.2, -0.15) is 95.0 Å². The summed E-state index contributed by atoms with van der Waals surface area (Å²) in [6, 6.07) is 0. The highest BCUT2D eigenvalue weighted by molar-refractivity contribution is 8.00. The van der Waals surface area contributed by atoms with E-state index in [1.807, 2.05) is 0 Å². The second-order valence-electron chi connectivity index (χ2n) is 29.7. The average Bonchev–Trinajstić information content (AvgIpc) is 0.786. The molecule has 23 N–H and O–H groups in total. The molecule has 0 aromatic rings. The quantitative estimate of drug-likeness (QED) is 0.0205. The molecule has 30 aliphatic heterocycles. The summed E-state index contributed by atoms with van der Waals surface area (Å²) in [6.07, 6.45) is -83.8. The summed E-state index contributed by atoms with van der Waals surface area (Å²) in [4.78, 5) is 82.2. The van der Waals surface area contributed by atoms with E-state index >= 15 is 0 Å². The van der Waals surface area contributed by atoms with Gasteiger partial charge in [0.25, 0.3) is 0 Å². The number of hydrogen-bond donors (Lipinski definition) is 24. The summed E-state index contributed by atoms with van der Waals surface area (Å²) in [5.41, 5.74) is 0. The number of thioether (sulfide) groups is 7. The normalized spacial score (nSPS) is 42.7. The molecule has 30 aliphatic rings. The summed E-state index contributed by atoms with van der Waals surface area (Å²) in [6.45, 7) is 0. The number of aliphatic hydroxyl groups excluding tert-OH is 16. The minimum atomic E-state index is -2.31. The third-order valence-corrected chi connectivity index (χ3v) is 28.6. The Kier molecular flexibility index (Phi) is 42.5. The van der Waals surface area contributed by atoms with Gasteiger partial charge in [0.05, 0.1) is 93.8 Å². The minimum Gasteiger partial charge on any atom is -0.481 e. The molecule has 30 saturated heterocycles. The van der Waals surface area contributed by atoms with Crippen LogP contribution in [0.5, 0.6) is 0 Å². The van der Waals surface area contributed by atoms with Crippen molar-refractivity contribution >= 4 is 137 Å². The van der Waals surface area contributed by atoms with E-state index in [9.17, 15) is 151 Å². The Morgan fingerprint density at radius 2 is 0.301 bits per heavy atom. The van der Waals surface area contributed by atoms with Crippen LogP contribution in [0.4, 0.5) is 0 Å². The van der Waals surface area contributed by atoms with Gasteiger partial charge >= 0.3 is 41.8 Å². The first kappa shape index (κ1) is 105. The van der Waals surface area contributed by atoms with Gasteiger partial charge in [-0.1, -0.05) is 0 Å². The first-order valence-electron chi connectivity index (χ1n) is 38.9. The lowest BCUT2D eigenvalue weighted by molar-refractivity contribution is -0.396. The molecule has 30 heterocycles. The molecule has 30 rings (SSSR count). The molecule has 11 unspecified atom stereocenters. The highest BCUT2D eigenvalue weighted by Gasteiger charge is 2.61. The lowest BCUT2D eigenvalue weighted by Crippen LogP contribution is -2.69. The second kappa shape index (κ2) is 50.1. The second-order valence-corrected chi connectivity index (χ2v) is 38.1. The highest BCUT2D eigenvalue weighted by atomic mass is 32.2. The predicted octanol–water partition coefficient (Wildman–Crippen LogP) is -7.96. The molecule has 0 aliphatic carbocycles. The fourth-order valence-electron chi connectivity index (χ4n) is 14.3. The van der Waals surface area contributed by atoms with Crippen molar-refractivity contribution in [1.29, 1.82) is 0 Å². The standard InChI is InChI=1S/C69H108O46S8/c70-31(71)1-8-117-16-24-55-40(86)48(94)64(102-24)111-57-26(18-119-10-3-33(74)75)104-66(50(96)42(57)88)113-59-28(20-121-12-5-35(78)79)106-68(52(98)44(59)90)115-61-30(22-123-14-7-37(82)83)107-69(53(99)45(61)91)114-60-29(21-122-13-6-36(80)81)105-67(51(97)43(60)89)112-58-27(19-120-11-4-34(76)77)103-65(49(95)41(58)87)110-56-25(17-118-9-2-32(72)73)101-63(47(93)39(56)85)108-54-23(15-116)100-62(109-55)46(92)38(54)84/h23-30,38-69,84-99,116H,1-22H2,(H,70,71)(H,72,73)(H,74,75)(H,76,77)(H,78,79)(H,80,81)(H,82,83)/t23-,24-,25-,26-,27-,28-,29-,30-,38?,39+,40+,41?,42?,43?,44?,45?,46-,47-,48-,49-,50-,51-,52-,53-,54-,55-,56-,57-,58-,59?,60-,61-,62?,63-,64-,65-,66?,67?,68-,69?/m1/s1. The van der Waals surface area contributed by atoms with Crippen LogP contribution in [0.2, 0.25) is 0 Å². The Morgan fingerprint density at radius 1 is 0.187 bits per heavy atom. The van der Waals surface area contributed by atoms with Gasteiger partial charge in [0, 0.05) is 86.3 Å². The molecule has 0 aromatic heterocycles. The molecule has 54 heteroatoms. The van der Waals surface area contributed by atoms with Gasteiger partial charge in [0.1, 0.15) is 146 Å². The largest absolute Gasteiger partial charge is 0.481 e. The van der Waals surface area contributed by atoms with Crippen molar-refractivity contribution < 1.29 is 227 Å². The number of carboxylic acids is 7. The predicted molar refractivity (Wildman–Crippen MR) is 425 cm³/mol. The number of carbonyl (C=O) groups is 7. The van der Waals surface area contributed by atoms with Gasteiger partial charge < -0.3 is 193 Å². The van der Waals surface area contributed by atoms with E-state index in [1.165, 1.54) is 0 Å². The number of hydrogen-bond acceptors (Lipinski definition) is 47. The molecule has 0 spiro atoms. The molecule has 0 radical (unpaired) electrons. The number of aliphatic carboxylic acids is 7. The first-order chi connectivity index (χ1) is 58.4. The zero-order valence-corrected chi connectivity index (χ0v) is 71.7. The van der Waals surface area contributed by atoms with Gasteiger partial charge in [-0.25, -0.2) is 0 Å². The van der Waals surface area contributed by atoms with Crippen LogP contribution in [0.15, 0.2) is 0 Å². The van der Waals surface area contributed by atoms with Crippen molar-refractivity contribution in [2.45, 2.75) is 291 Å². The molecule has 0 saturated carbocycles. The van der Waals surface area contributed by atoms with Crippen molar-refractivity contribution in [3.05, 3.63) is 0 Å². The first-order valence-corrected chi connectivity index (χ1v) is 47.6. The Labute approximate surface area is 736 Å². The number of ether oxygens (including phenoxy) is 16. The van der Waals surface area contributed by atoms with E-state index in [0.29, 0.717) is 0 Å². The maximum Gasteiger partial charge on any atom is 0.304 e. The molecular formula is C69H108O46S8. The summed E-state index contributed by atoms with van der Waals surface area (Å²) < 4.78 is 99.7.